The van der Waals surface area contributed by atoms with E-state index in [9.17, 15) is 0 Å². The van der Waals surface area contributed by atoms with Crippen LogP contribution in [0.1, 0.15) is 32.3 Å². The Bertz CT molecular complexity index is 245. The first-order valence-corrected chi connectivity index (χ1v) is 4.23. The van der Waals surface area contributed by atoms with Crippen molar-refractivity contribution in [2.24, 2.45) is 0 Å². The standard InChI is InChI=1S/C9H17N3/c1-9(2,3)8-11-6-7(12-8)5-10-4/h6,10H,5H2,1-4H3,(H,11,12). The summed E-state index contributed by atoms with van der Waals surface area (Å²) in [4.78, 5) is 7.59. The average Bonchev–Trinajstić information content (AvgIpc) is 2.35. The lowest BCUT2D eigenvalue weighted by atomic mass is 9.96. The average molecular weight is 167 g/mol. The maximum atomic E-state index is 4.31. The van der Waals surface area contributed by atoms with Crippen LogP contribution in [0.4, 0.5) is 0 Å². The van der Waals surface area contributed by atoms with Crippen molar-refractivity contribution in [3.63, 3.8) is 0 Å². The van der Waals surface area contributed by atoms with Crippen molar-refractivity contribution in [2.45, 2.75) is 32.7 Å². The Morgan fingerprint density at radius 3 is 2.58 bits per heavy atom. The molecule has 0 aliphatic carbocycles. The van der Waals surface area contributed by atoms with E-state index in [1.165, 1.54) is 0 Å². The molecule has 0 amide bonds. The van der Waals surface area contributed by atoms with Gasteiger partial charge in [-0.3, -0.25) is 0 Å². The van der Waals surface area contributed by atoms with Crippen LogP contribution in [0.3, 0.4) is 0 Å². The molecule has 1 heterocycles. The van der Waals surface area contributed by atoms with E-state index in [0.717, 1.165) is 18.1 Å². The van der Waals surface area contributed by atoms with Gasteiger partial charge in [0.15, 0.2) is 0 Å². The van der Waals surface area contributed by atoms with Crippen LogP contribution in [-0.4, -0.2) is 17.0 Å². The molecule has 12 heavy (non-hydrogen) atoms. The molecule has 1 aromatic heterocycles. The Labute approximate surface area is 73.6 Å². The lowest BCUT2D eigenvalue weighted by Gasteiger charge is -2.14. The second kappa shape index (κ2) is 3.27. The number of rotatable bonds is 2. The molecule has 0 atom stereocenters. The minimum absolute atomic E-state index is 0.117. The van der Waals surface area contributed by atoms with Crippen LogP contribution in [0.2, 0.25) is 0 Å². The fourth-order valence-corrected chi connectivity index (χ4v) is 1.02. The van der Waals surface area contributed by atoms with E-state index in [1.54, 1.807) is 0 Å². The van der Waals surface area contributed by atoms with Gasteiger partial charge in [0.05, 0.1) is 0 Å². The highest BCUT2D eigenvalue weighted by atomic mass is 15.0. The van der Waals surface area contributed by atoms with Crippen LogP contribution in [0.5, 0.6) is 0 Å². The zero-order chi connectivity index (χ0) is 9.19. The zero-order valence-electron chi connectivity index (χ0n) is 8.23. The monoisotopic (exact) mass is 167 g/mol. The first kappa shape index (κ1) is 9.26. The van der Waals surface area contributed by atoms with E-state index in [4.69, 9.17) is 0 Å². The van der Waals surface area contributed by atoms with Gasteiger partial charge in [-0.25, -0.2) is 4.98 Å². The number of hydrogen-bond donors (Lipinski definition) is 2. The Morgan fingerprint density at radius 2 is 2.17 bits per heavy atom. The number of nitrogens with one attached hydrogen (secondary N) is 2. The predicted octanol–water partition coefficient (Wildman–Crippen LogP) is 1.43. The Morgan fingerprint density at radius 1 is 1.50 bits per heavy atom. The molecule has 0 aromatic carbocycles. The number of aromatic nitrogens is 2. The van der Waals surface area contributed by atoms with Gasteiger partial charge < -0.3 is 10.3 Å². The van der Waals surface area contributed by atoms with Gasteiger partial charge in [0, 0.05) is 23.9 Å². The van der Waals surface area contributed by atoms with Crippen molar-refractivity contribution in [3.8, 4) is 0 Å². The maximum Gasteiger partial charge on any atom is 0.111 e. The first-order chi connectivity index (χ1) is 5.54. The van der Waals surface area contributed by atoms with Crippen LogP contribution in [0.25, 0.3) is 0 Å². The van der Waals surface area contributed by atoms with Gasteiger partial charge in [-0.2, -0.15) is 0 Å². The molecule has 0 fully saturated rings. The summed E-state index contributed by atoms with van der Waals surface area (Å²) in [5.74, 6) is 1.05. The van der Waals surface area contributed by atoms with Crippen LogP contribution in [-0.2, 0) is 12.0 Å². The molecule has 3 nitrogen and oxygen atoms in total. The number of aromatic amines is 1. The van der Waals surface area contributed by atoms with Crippen LogP contribution >= 0.6 is 0 Å². The second-order valence-corrected chi connectivity index (χ2v) is 4.04. The van der Waals surface area contributed by atoms with Crippen LogP contribution in [0.15, 0.2) is 6.20 Å². The molecule has 1 aromatic rings. The van der Waals surface area contributed by atoms with Crippen molar-refractivity contribution >= 4 is 0 Å². The molecular weight excluding hydrogens is 150 g/mol. The molecule has 2 N–H and O–H groups in total. The Kier molecular flexibility index (Phi) is 2.52. The van der Waals surface area contributed by atoms with E-state index in [0.29, 0.717) is 0 Å². The SMILES string of the molecule is CNCc1cnc(C(C)(C)C)[nH]1. The highest BCUT2D eigenvalue weighted by Gasteiger charge is 2.16. The summed E-state index contributed by atoms with van der Waals surface area (Å²) in [6.45, 7) is 7.29. The van der Waals surface area contributed by atoms with E-state index >= 15 is 0 Å². The smallest absolute Gasteiger partial charge is 0.111 e. The lowest BCUT2D eigenvalue weighted by Crippen LogP contribution is -2.13. The van der Waals surface area contributed by atoms with Crippen LogP contribution in [0, 0.1) is 0 Å². The normalized spacial score (nSPS) is 12.0. The molecule has 68 valence electrons. The van der Waals surface area contributed by atoms with E-state index < -0.39 is 0 Å². The van der Waals surface area contributed by atoms with E-state index in [1.807, 2.05) is 13.2 Å². The van der Waals surface area contributed by atoms with Gasteiger partial charge in [0.25, 0.3) is 0 Å². The van der Waals surface area contributed by atoms with Gasteiger partial charge in [-0.05, 0) is 7.05 Å². The van der Waals surface area contributed by atoms with Gasteiger partial charge in [-0.15, -0.1) is 0 Å². The molecule has 0 spiro atoms. The minimum Gasteiger partial charge on any atom is -0.344 e. The Balaban J connectivity index is 2.77. The molecule has 0 aliphatic heterocycles. The number of hydrogen-bond acceptors (Lipinski definition) is 2. The number of H-pyrrole nitrogens is 1. The zero-order valence-corrected chi connectivity index (χ0v) is 8.23. The fraction of sp³-hybridized carbons (Fsp3) is 0.667. The third-order valence-corrected chi connectivity index (χ3v) is 1.71. The van der Waals surface area contributed by atoms with Crippen molar-refractivity contribution < 1.29 is 0 Å². The molecule has 0 unspecified atom stereocenters. The predicted molar refractivity (Wildman–Crippen MR) is 50.1 cm³/mol. The molecule has 0 radical (unpaired) electrons. The summed E-state index contributed by atoms with van der Waals surface area (Å²) in [6.07, 6.45) is 1.89. The van der Waals surface area contributed by atoms with Crippen molar-refractivity contribution in [1.82, 2.24) is 15.3 Å². The van der Waals surface area contributed by atoms with E-state index in [2.05, 4.69) is 36.1 Å². The summed E-state index contributed by atoms with van der Waals surface area (Å²) in [5.41, 5.74) is 1.26. The summed E-state index contributed by atoms with van der Waals surface area (Å²) in [5, 5.41) is 3.08. The third kappa shape index (κ3) is 2.08. The van der Waals surface area contributed by atoms with Gasteiger partial charge in [-0.1, -0.05) is 20.8 Å². The Hall–Kier alpha value is -0.830. The van der Waals surface area contributed by atoms with Crippen molar-refractivity contribution in [2.75, 3.05) is 7.05 Å². The van der Waals surface area contributed by atoms with E-state index in [-0.39, 0.29) is 5.41 Å². The van der Waals surface area contributed by atoms with Gasteiger partial charge in [0.1, 0.15) is 5.82 Å². The summed E-state index contributed by atoms with van der Waals surface area (Å²) in [6, 6.07) is 0. The molecule has 0 bridgehead atoms. The topological polar surface area (TPSA) is 40.7 Å². The summed E-state index contributed by atoms with van der Waals surface area (Å²) in [7, 11) is 1.93. The quantitative estimate of drug-likeness (QED) is 0.699. The first-order valence-electron chi connectivity index (χ1n) is 4.23. The molecular formula is C9H17N3. The van der Waals surface area contributed by atoms with Crippen LogP contribution < -0.4 is 5.32 Å². The van der Waals surface area contributed by atoms with Gasteiger partial charge >= 0.3 is 0 Å². The number of imidazole rings is 1. The number of nitrogens with zero attached hydrogens (tertiary/aromatic N) is 1. The minimum atomic E-state index is 0.117. The largest absolute Gasteiger partial charge is 0.344 e. The molecule has 0 aliphatic rings. The lowest BCUT2D eigenvalue weighted by molar-refractivity contribution is 0.550. The second-order valence-electron chi connectivity index (χ2n) is 4.04. The summed E-state index contributed by atoms with van der Waals surface area (Å²) < 4.78 is 0. The molecule has 3 heteroatoms. The molecule has 0 saturated carbocycles. The van der Waals surface area contributed by atoms with Crippen molar-refractivity contribution in [1.29, 1.82) is 0 Å². The molecule has 0 saturated heterocycles. The summed E-state index contributed by atoms with van der Waals surface area (Å²) >= 11 is 0. The third-order valence-electron chi connectivity index (χ3n) is 1.71. The highest BCUT2D eigenvalue weighted by Crippen LogP contribution is 2.18. The van der Waals surface area contributed by atoms with Crippen molar-refractivity contribution in [3.05, 3.63) is 17.7 Å². The molecule has 1 rings (SSSR count). The fourth-order valence-electron chi connectivity index (χ4n) is 1.02. The highest BCUT2D eigenvalue weighted by molar-refractivity contribution is 5.08. The maximum absolute atomic E-state index is 4.31. The van der Waals surface area contributed by atoms with Gasteiger partial charge in [0.2, 0.25) is 0 Å².